The molecule has 0 amide bonds. The number of aromatic nitrogens is 2. The molecule has 2 aliphatic heterocycles. The highest BCUT2D eigenvalue weighted by molar-refractivity contribution is 7.53. The van der Waals surface area contributed by atoms with Gasteiger partial charge >= 0.3 is 19.3 Å². The van der Waals surface area contributed by atoms with Gasteiger partial charge in [-0.1, -0.05) is 36.8 Å². The predicted molar refractivity (Wildman–Crippen MR) is 134 cm³/mol. The van der Waals surface area contributed by atoms with Crippen molar-refractivity contribution in [2.75, 3.05) is 19.6 Å². The van der Waals surface area contributed by atoms with Crippen molar-refractivity contribution in [3.63, 3.8) is 0 Å². The minimum Gasteiger partial charge on any atom is -0.456 e. The highest BCUT2D eigenvalue weighted by atomic mass is 31.2. The first-order valence-corrected chi connectivity index (χ1v) is 14.1. The molecule has 2 aliphatic rings. The molecule has 2 aromatic rings. The Kier molecular flexibility index (Phi) is 8.68. The normalized spacial score (nSPS) is 31.3. The summed E-state index contributed by atoms with van der Waals surface area (Å²) >= 11 is 0. The summed E-state index contributed by atoms with van der Waals surface area (Å²) in [5, 5.41) is 0. The van der Waals surface area contributed by atoms with Gasteiger partial charge in [0.1, 0.15) is 18.6 Å². The Labute approximate surface area is 218 Å². The maximum absolute atomic E-state index is 16.0. The van der Waals surface area contributed by atoms with Crippen molar-refractivity contribution in [3.8, 4) is 0 Å². The van der Waals surface area contributed by atoms with E-state index in [0.717, 1.165) is 21.8 Å². The summed E-state index contributed by atoms with van der Waals surface area (Å²) in [7, 11) is -3.63. The van der Waals surface area contributed by atoms with Crippen LogP contribution in [0, 0.1) is 6.92 Å². The molecule has 3 heterocycles. The first-order valence-electron chi connectivity index (χ1n) is 12.4. The summed E-state index contributed by atoms with van der Waals surface area (Å²) in [6.07, 6.45) is -2.68. The number of H-pyrrole nitrogens is 1. The van der Waals surface area contributed by atoms with Crippen LogP contribution in [0.2, 0.25) is 0 Å². The molecule has 1 aromatic carbocycles. The molecule has 0 radical (unpaired) electrons. The molecule has 1 aromatic heterocycles. The molecule has 0 aliphatic carbocycles. The molecule has 0 spiro atoms. The Morgan fingerprint density at radius 2 is 2.11 bits per heavy atom. The molecule has 11 nitrogen and oxygen atoms in total. The number of hydrogen-bond donors (Lipinski definition) is 1. The molecule has 13 heteroatoms. The monoisotopic (exact) mass is 554 g/mol. The molecular formula is C25H32FN2O9P. The number of nitrogens with zero attached hydrogens (tertiary/aromatic N) is 1. The molecule has 0 saturated carbocycles. The largest absolute Gasteiger partial charge is 0.456 e. The first kappa shape index (κ1) is 28.4. The highest BCUT2D eigenvalue weighted by Crippen LogP contribution is 2.56. The van der Waals surface area contributed by atoms with Gasteiger partial charge in [0.15, 0.2) is 11.8 Å². The lowest BCUT2D eigenvalue weighted by Gasteiger charge is -2.30. The van der Waals surface area contributed by atoms with Crippen LogP contribution < -0.4 is 11.2 Å². The molecule has 2 fully saturated rings. The van der Waals surface area contributed by atoms with Crippen molar-refractivity contribution >= 4 is 13.6 Å². The fourth-order valence-electron chi connectivity index (χ4n) is 4.52. The Bertz CT molecular complexity index is 1310. The average molecular weight is 555 g/mol. The second-order valence-electron chi connectivity index (χ2n) is 9.58. The van der Waals surface area contributed by atoms with Crippen LogP contribution in [0.15, 0.2) is 46.1 Å². The standard InChI is InChI=1S/C25H32FN2O9P/c1-4-22(30)36-23-19(35-20(25(23,3)26)13-28-10-8-21(29)27-24(28)31)14-33-15-38(32)34-11-9-18(37-38)17-7-5-6-16(2)12-17/h5-8,10,12,18-20,23H,4,9,11,13-15H2,1-3H3,(H,27,29,31). The van der Waals surface area contributed by atoms with E-state index in [4.69, 9.17) is 23.3 Å². The third-order valence-corrected chi connectivity index (χ3v) is 8.22. The number of esters is 1. The van der Waals surface area contributed by atoms with Crippen LogP contribution in [0.3, 0.4) is 0 Å². The summed E-state index contributed by atoms with van der Waals surface area (Å²) in [4.78, 5) is 37.6. The molecule has 6 atom stereocenters. The summed E-state index contributed by atoms with van der Waals surface area (Å²) < 4.78 is 58.4. The predicted octanol–water partition coefficient (Wildman–Crippen LogP) is 3.01. The van der Waals surface area contributed by atoms with Gasteiger partial charge in [-0.25, -0.2) is 9.18 Å². The Morgan fingerprint density at radius 3 is 2.82 bits per heavy atom. The van der Waals surface area contributed by atoms with E-state index in [9.17, 15) is 18.9 Å². The average Bonchev–Trinajstić information content (AvgIpc) is 3.09. The Balaban J connectivity index is 1.44. The minimum absolute atomic E-state index is 0.0153. The molecule has 2 saturated heterocycles. The second-order valence-corrected chi connectivity index (χ2v) is 11.5. The Hall–Kier alpha value is -2.63. The number of halogens is 1. The number of aryl methyl sites for hydroxylation is 1. The van der Waals surface area contributed by atoms with E-state index in [1.165, 1.54) is 13.1 Å². The first-order chi connectivity index (χ1) is 18.0. The quantitative estimate of drug-likeness (QED) is 0.367. The highest BCUT2D eigenvalue weighted by Gasteiger charge is 2.57. The molecular weight excluding hydrogens is 522 g/mol. The van der Waals surface area contributed by atoms with E-state index in [0.29, 0.717) is 6.42 Å². The van der Waals surface area contributed by atoms with Gasteiger partial charge in [-0.2, -0.15) is 0 Å². The van der Waals surface area contributed by atoms with Crippen molar-refractivity contribution in [2.45, 2.75) is 70.2 Å². The number of ether oxygens (including phenoxy) is 3. The summed E-state index contributed by atoms with van der Waals surface area (Å²) in [5.41, 5.74) is -1.59. The van der Waals surface area contributed by atoms with Crippen molar-refractivity contribution in [2.24, 2.45) is 0 Å². The number of aromatic amines is 1. The zero-order valence-corrected chi connectivity index (χ0v) is 22.4. The van der Waals surface area contributed by atoms with Gasteiger partial charge in [-0.05, 0) is 19.4 Å². The number of carbonyl (C=O) groups is 1. The third kappa shape index (κ3) is 6.50. The molecule has 208 valence electrons. The smallest absolute Gasteiger partial charge is 0.356 e. The number of carbonyl (C=O) groups excluding carboxylic acids is 1. The maximum atomic E-state index is 16.0. The lowest BCUT2D eigenvalue weighted by atomic mass is 9.94. The Morgan fingerprint density at radius 1 is 1.32 bits per heavy atom. The van der Waals surface area contributed by atoms with Crippen molar-refractivity contribution in [3.05, 3.63) is 68.5 Å². The van der Waals surface area contributed by atoms with Gasteiger partial charge in [0.2, 0.25) is 0 Å². The summed E-state index contributed by atoms with van der Waals surface area (Å²) in [5.74, 6) is -0.637. The second kappa shape index (κ2) is 11.6. The van der Waals surface area contributed by atoms with E-state index in [1.54, 1.807) is 6.92 Å². The number of hydrogen-bond acceptors (Lipinski definition) is 9. The van der Waals surface area contributed by atoms with E-state index < -0.39 is 61.2 Å². The van der Waals surface area contributed by atoms with Gasteiger partial charge in [0, 0.05) is 25.1 Å². The zero-order chi connectivity index (χ0) is 27.5. The zero-order valence-electron chi connectivity index (χ0n) is 21.5. The van der Waals surface area contributed by atoms with Gasteiger partial charge in [-0.15, -0.1) is 0 Å². The van der Waals surface area contributed by atoms with Crippen molar-refractivity contribution in [1.82, 2.24) is 9.55 Å². The van der Waals surface area contributed by atoms with E-state index in [-0.39, 0.29) is 26.2 Å². The fraction of sp³-hybridized carbons (Fsp3) is 0.560. The molecule has 38 heavy (non-hydrogen) atoms. The lowest BCUT2D eigenvalue weighted by Crippen LogP contribution is -2.47. The van der Waals surface area contributed by atoms with Crippen LogP contribution in [0.25, 0.3) is 0 Å². The molecule has 6 unspecified atom stereocenters. The number of nitrogens with one attached hydrogen (secondary N) is 1. The topological polar surface area (TPSA) is 135 Å². The summed E-state index contributed by atoms with van der Waals surface area (Å²) in [6.45, 7) is 4.43. The van der Waals surface area contributed by atoms with E-state index in [1.807, 2.05) is 31.2 Å². The third-order valence-electron chi connectivity index (χ3n) is 6.57. The lowest BCUT2D eigenvalue weighted by molar-refractivity contribution is -0.158. The van der Waals surface area contributed by atoms with Crippen LogP contribution in [0.4, 0.5) is 4.39 Å². The van der Waals surface area contributed by atoms with Crippen LogP contribution >= 0.6 is 7.60 Å². The van der Waals surface area contributed by atoms with Gasteiger partial charge in [0.25, 0.3) is 5.56 Å². The van der Waals surface area contributed by atoms with Crippen LogP contribution in [-0.4, -0.2) is 59.1 Å². The summed E-state index contributed by atoms with van der Waals surface area (Å²) in [6, 6.07) is 8.83. The van der Waals surface area contributed by atoms with Crippen molar-refractivity contribution < 1.29 is 37.0 Å². The fourth-order valence-corrected chi connectivity index (χ4v) is 6.04. The van der Waals surface area contributed by atoms with Gasteiger partial charge in [-0.3, -0.25) is 28.2 Å². The number of alkyl halides is 1. The van der Waals surface area contributed by atoms with Crippen LogP contribution in [-0.2, 0) is 39.2 Å². The minimum atomic E-state index is -3.63. The van der Waals surface area contributed by atoms with Gasteiger partial charge < -0.3 is 18.7 Å². The van der Waals surface area contributed by atoms with Crippen molar-refractivity contribution in [1.29, 1.82) is 0 Å². The maximum Gasteiger partial charge on any atom is 0.356 e. The van der Waals surface area contributed by atoms with Crippen LogP contribution in [0.1, 0.15) is 43.9 Å². The van der Waals surface area contributed by atoms with E-state index in [2.05, 4.69) is 4.98 Å². The SMILES string of the molecule is CCC(=O)OC1C(COCP2(=O)OCCC(c3cccc(C)c3)O2)OC(Cn2ccc(=O)[nH]c2=O)C1(C)F. The number of benzene rings is 1. The number of rotatable bonds is 9. The molecule has 0 bridgehead atoms. The van der Waals surface area contributed by atoms with Gasteiger partial charge in [0.05, 0.1) is 25.9 Å². The molecule has 4 rings (SSSR count). The van der Waals surface area contributed by atoms with E-state index >= 15 is 4.39 Å². The van der Waals surface area contributed by atoms with Crippen LogP contribution in [0.5, 0.6) is 0 Å². The molecule has 1 N–H and O–H groups in total.